The Morgan fingerprint density at radius 3 is 2.50 bits per heavy atom. The minimum atomic E-state index is -1.43. The van der Waals surface area contributed by atoms with Crippen molar-refractivity contribution in [1.82, 2.24) is 19.7 Å². The van der Waals surface area contributed by atoms with Crippen LogP contribution in [0, 0.1) is 17.3 Å². The largest absolute Gasteiger partial charge is 0.465 e. The van der Waals surface area contributed by atoms with Gasteiger partial charge < -0.3 is 33.9 Å². The Morgan fingerprint density at radius 1 is 1.06 bits per heavy atom. The molecule has 2 saturated heterocycles. The second kappa shape index (κ2) is 17.3. The summed E-state index contributed by atoms with van der Waals surface area (Å²) in [5.41, 5.74) is -1.16. The number of hydrogen-bond donors (Lipinski definition) is 1. The normalized spacial score (nSPS) is 33.3. The minimum absolute atomic E-state index is 0.164. The smallest absolute Gasteiger partial charge is 0.319 e. The molecule has 3 heterocycles. The predicted octanol–water partition coefficient (Wildman–Crippen LogP) is 4.39. The molecule has 0 spiro atoms. The number of likely N-dealkylation sites (N-methyl/N-ethyl adjacent to an activating group) is 2. The number of carbonyl (C=O) groups is 2. The number of ether oxygens (including phenoxy) is 4. The Hall–Kier alpha value is -2.51. The van der Waals surface area contributed by atoms with Gasteiger partial charge in [-0.2, -0.15) is 0 Å². The van der Waals surface area contributed by atoms with Gasteiger partial charge in [0.2, 0.25) is 0 Å². The van der Waals surface area contributed by atoms with Crippen molar-refractivity contribution in [3.05, 3.63) is 42.2 Å². The number of pyridine rings is 1. The van der Waals surface area contributed by atoms with Crippen molar-refractivity contribution >= 4 is 22.5 Å². The summed E-state index contributed by atoms with van der Waals surface area (Å²) in [5.74, 6) is -1.47. The monoisotopic (exact) mass is 698 g/mol. The third kappa shape index (κ3) is 9.87. The lowest BCUT2D eigenvalue weighted by atomic mass is 9.74. The Labute approximate surface area is 299 Å². The lowest BCUT2D eigenvalue weighted by molar-refractivity contribution is -0.295. The van der Waals surface area contributed by atoms with Crippen molar-refractivity contribution in [3.8, 4) is 0 Å². The van der Waals surface area contributed by atoms with Crippen LogP contribution >= 0.6 is 0 Å². The maximum Gasteiger partial charge on any atom is 0.319 e. The van der Waals surface area contributed by atoms with Gasteiger partial charge in [0.15, 0.2) is 12.1 Å². The third-order valence-electron chi connectivity index (χ3n) is 10.8. The highest BCUT2D eigenvalue weighted by atomic mass is 16.7. The van der Waals surface area contributed by atoms with Gasteiger partial charge in [-0.1, -0.05) is 26.0 Å². The van der Waals surface area contributed by atoms with Crippen molar-refractivity contribution in [1.29, 1.82) is 0 Å². The number of benzene rings is 1. The number of aliphatic hydroxyl groups excluding tert-OH is 1. The van der Waals surface area contributed by atoms with Crippen molar-refractivity contribution in [2.45, 2.75) is 104 Å². The molecule has 8 atom stereocenters. The first-order valence-corrected chi connectivity index (χ1v) is 18.2. The summed E-state index contributed by atoms with van der Waals surface area (Å²) in [6.07, 6.45) is 2.65. The summed E-state index contributed by atoms with van der Waals surface area (Å²) in [7, 11) is 7.62. The van der Waals surface area contributed by atoms with Crippen LogP contribution in [0.25, 0.3) is 10.8 Å². The molecule has 11 nitrogen and oxygen atoms in total. The molecule has 2 aliphatic rings. The van der Waals surface area contributed by atoms with Crippen LogP contribution in [0.5, 0.6) is 0 Å². The number of nitrogens with zero attached hydrogens (tertiary/aromatic N) is 4. The van der Waals surface area contributed by atoms with E-state index in [1.165, 1.54) is 5.56 Å². The molecule has 280 valence electrons. The molecule has 2 aliphatic heterocycles. The fourth-order valence-electron chi connectivity index (χ4n) is 7.80. The molecule has 1 aromatic carbocycles. The highest BCUT2D eigenvalue weighted by Crippen LogP contribution is 2.38. The molecule has 11 heteroatoms. The van der Waals surface area contributed by atoms with Crippen LogP contribution in [0.2, 0.25) is 0 Å². The van der Waals surface area contributed by atoms with E-state index < -0.39 is 41.4 Å². The van der Waals surface area contributed by atoms with Gasteiger partial charge in [0.25, 0.3) is 0 Å². The number of fused-ring (bicyclic) bond motifs is 1. The van der Waals surface area contributed by atoms with Crippen LogP contribution < -0.4 is 0 Å². The van der Waals surface area contributed by atoms with Gasteiger partial charge in [-0.25, -0.2) is 0 Å². The molecule has 0 unspecified atom stereocenters. The molecule has 2 aromatic rings. The Bertz CT molecular complexity index is 1420. The zero-order valence-corrected chi connectivity index (χ0v) is 32.1. The van der Waals surface area contributed by atoms with Gasteiger partial charge in [-0.3, -0.25) is 19.5 Å². The van der Waals surface area contributed by atoms with Crippen molar-refractivity contribution < 1.29 is 33.6 Å². The van der Waals surface area contributed by atoms with E-state index in [0.717, 1.165) is 43.5 Å². The summed E-state index contributed by atoms with van der Waals surface area (Å²) in [5, 5.41) is 13.7. The summed E-state index contributed by atoms with van der Waals surface area (Å²) >= 11 is 0. The first-order chi connectivity index (χ1) is 23.5. The number of esters is 1. The number of cyclic esters (lactones) is 1. The maximum absolute atomic E-state index is 14.3. The highest BCUT2D eigenvalue weighted by molar-refractivity contribution is 6.04. The van der Waals surface area contributed by atoms with Gasteiger partial charge in [-0.15, -0.1) is 0 Å². The number of ketones is 1. The molecule has 0 amide bonds. The second-order valence-electron chi connectivity index (χ2n) is 15.8. The number of rotatable bonds is 6. The first-order valence-electron chi connectivity index (χ1n) is 18.2. The van der Waals surface area contributed by atoms with Crippen LogP contribution in [-0.4, -0.2) is 134 Å². The summed E-state index contributed by atoms with van der Waals surface area (Å²) < 4.78 is 24.9. The first kappa shape index (κ1) is 40.3. The lowest BCUT2D eigenvalue weighted by Crippen LogP contribution is -2.59. The molecule has 0 saturated carbocycles. The van der Waals surface area contributed by atoms with Gasteiger partial charge in [0, 0.05) is 69.6 Å². The van der Waals surface area contributed by atoms with E-state index in [9.17, 15) is 14.7 Å². The van der Waals surface area contributed by atoms with E-state index in [1.54, 1.807) is 27.9 Å². The molecule has 50 heavy (non-hydrogen) atoms. The van der Waals surface area contributed by atoms with E-state index in [-0.39, 0.29) is 30.5 Å². The topological polar surface area (TPSA) is 114 Å². The van der Waals surface area contributed by atoms with E-state index in [2.05, 4.69) is 47.0 Å². The number of carbonyl (C=O) groups excluding carboxylic acids is 2. The third-order valence-corrected chi connectivity index (χ3v) is 10.8. The maximum atomic E-state index is 14.3. The summed E-state index contributed by atoms with van der Waals surface area (Å²) in [4.78, 5) is 38.8. The molecular weight excluding hydrogens is 636 g/mol. The average molecular weight is 699 g/mol. The molecule has 1 N–H and O–H groups in total. The summed E-state index contributed by atoms with van der Waals surface area (Å²) in [6.45, 7) is 15.3. The second-order valence-corrected chi connectivity index (χ2v) is 15.8. The van der Waals surface area contributed by atoms with E-state index in [1.807, 2.05) is 51.3 Å². The van der Waals surface area contributed by atoms with E-state index >= 15 is 0 Å². The van der Waals surface area contributed by atoms with E-state index in [4.69, 9.17) is 18.9 Å². The summed E-state index contributed by atoms with van der Waals surface area (Å²) in [6, 6.07) is 8.32. The Balaban J connectivity index is 1.60. The number of aromatic nitrogens is 1. The molecule has 0 aliphatic carbocycles. The number of methoxy groups -OCH3 is 1. The zero-order chi connectivity index (χ0) is 36.8. The molecule has 0 radical (unpaired) electrons. The zero-order valence-electron chi connectivity index (χ0n) is 32.1. The van der Waals surface area contributed by atoms with Gasteiger partial charge in [-0.05, 0) is 97.1 Å². The quantitative estimate of drug-likeness (QED) is 0.343. The van der Waals surface area contributed by atoms with Crippen LogP contribution in [-0.2, 0) is 35.1 Å². The van der Waals surface area contributed by atoms with Gasteiger partial charge in [0.1, 0.15) is 11.5 Å². The molecular formula is C39H62N4O7. The fourth-order valence-corrected chi connectivity index (χ4v) is 7.80. The highest BCUT2D eigenvalue weighted by Gasteiger charge is 2.51. The van der Waals surface area contributed by atoms with Crippen LogP contribution in [0.15, 0.2) is 36.7 Å². The minimum Gasteiger partial charge on any atom is -0.465 e. The van der Waals surface area contributed by atoms with Crippen molar-refractivity contribution in [3.63, 3.8) is 0 Å². The number of aliphatic hydroxyl groups is 1. The SMILES string of the molecule is CO[C@]1(C)C[C@@H](C)CN(C)CCN(Cc2ccc3cnccc3c2)CCCOC(=O)C(C)(C)C(=O)[C@H](C)[C@H]1O[C@@H]1O[C@H](C)C[C@H](N(C)C)[C@H]1O. The molecule has 1 aromatic heterocycles. The van der Waals surface area contributed by atoms with Gasteiger partial charge >= 0.3 is 5.97 Å². The average Bonchev–Trinajstić information content (AvgIpc) is 3.07. The number of hydrogen-bond acceptors (Lipinski definition) is 11. The van der Waals surface area contributed by atoms with Crippen LogP contribution in [0.3, 0.4) is 0 Å². The van der Waals surface area contributed by atoms with Crippen molar-refractivity contribution in [2.24, 2.45) is 17.3 Å². The van der Waals surface area contributed by atoms with Gasteiger partial charge in [0.05, 0.1) is 24.4 Å². The molecule has 0 bridgehead atoms. The Morgan fingerprint density at radius 2 is 1.80 bits per heavy atom. The van der Waals surface area contributed by atoms with Crippen LogP contribution in [0.4, 0.5) is 0 Å². The molecule has 2 fully saturated rings. The molecule has 4 rings (SSSR count). The van der Waals surface area contributed by atoms with E-state index in [0.29, 0.717) is 19.3 Å². The fraction of sp³-hybridized carbons (Fsp3) is 0.718. The predicted molar refractivity (Wildman–Crippen MR) is 195 cm³/mol. The number of Topliss-reactive ketones (excluding diaryl/α,β-unsaturated/α-hetero) is 1. The lowest BCUT2D eigenvalue weighted by Gasteiger charge is -2.47. The Kier molecular flexibility index (Phi) is 14.0. The standard InChI is InChI=1S/C39H62N4O7/c1-26-22-39(6,47-10)35(50-36-33(44)32(41(7)8)20-27(2)49-36)28(3)34(45)38(4,5)37(46)48-19-11-16-43(18-17-42(9)24-26)25-29-12-13-31-23-40-15-14-30(31)21-29/h12-15,21,23,26-28,32-33,35-36,44H,11,16-20,22,24-25H2,1-10H3/t26-,27-,28+,32+,33-,35-,36+,39-/m1/s1. The van der Waals surface area contributed by atoms with Crippen molar-refractivity contribution in [2.75, 3.05) is 61.0 Å². The van der Waals surface area contributed by atoms with Crippen LogP contribution in [0.1, 0.15) is 66.4 Å².